The fourth-order valence-electron chi connectivity index (χ4n) is 3.07. The molecule has 134 valence electrons. The number of nitrogens with two attached hydrogens (primary N) is 1. The van der Waals surface area contributed by atoms with Crippen LogP contribution in [0.4, 0.5) is 5.82 Å². The molecule has 1 atom stereocenters. The first-order valence-electron chi connectivity index (χ1n) is 8.73. The van der Waals surface area contributed by atoms with Crippen molar-refractivity contribution in [2.75, 3.05) is 39.1 Å². The summed E-state index contributed by atoms with van der Waals surface area (Å²) in [7, 11) is 2.09. The molecule has 1 aromatic rings. The second-order valence-corrected chi connectivity index (χ2v) is 6.23. The zero-order valence-corrected chi connectivity index (χ0v) is 14.8. The maximum atomic E-state index is 12.2. The molecule has 7 heteroatoms. The Kier molecular flexibility index (Phi) is 7.39. The molecule has 2 rings (SSSR count). The van der Waals surface area contributed by atoms with Gasteiger partial charge in [-0.3, -0.25) is 9.69 Å². The predicted molar refractivity (Wildman–Crippen MR) is 93.2 cm³/mol. The van der Waals surface area contributed by atoms with Crippen molar-refractivity contribution in [1.29, 1.82) is 0 Å². The van der Waals surface area contributed by atoms with Crippen molar-refractivity contribution in [3.63, 3.8) is 0 Å². The summed E-state index contributed by atoms with van der Waals surface area (Å²) in [4.78, 5) is 25.0. The average Bonchev–Trinajstić information content (AvgIpc) is 2.81. The molecule has 0 saturated carbocycles. The number of anilines is 1. The minimum absolute atomic E-state index is 0.200. The number of aromatic nitrogens is 2. The van der Waals surface area contributed by atoms with Gasteiger partial charge in [-0.15, -0.1) is 0 Å². The van der Waals surface area contributed by atoms with E-state index in [1.165, 1.54) is 0 Å². The highest BCUT2D eigenvalue weighted by atomic mass is 16.5. The van der Waals surface area contributed by atoms with Crippen LogP contribution in [0.5, 0.6) is 0 Å². The third-order valence-corrected chi connectivity index (χ3v) is 4.46. The molecule has 0 bridgehead atoms. The first kappa shape index (κ1) is 18.6. The van der Waals surface area contributed by atoms with Gasteiger partial charge in [0.15, 0.2) is 0 Å². The average molecular weight is 335 g/mol. The Hall–Kier alpha value is -1.73. The number of rotatable bonds is 7. The zero-order chi connectivity index (χ0) is 17.4. The summed E-state index contributed by atoms with van der Waals surface area (Å²) in [5.41, 5.74) is 5.72. The van der Waals surface area contributed by atoms with Gasteiger partial charge in [-0.25, -0.2) is 9.97 Å². The lowest BCUT2D eigenvalue weighted by Crippen LogP contribution is -2.35. The molecule has 2 N–H and O–H groups in total. The molecule has 1 aliphatic heterocycles. The standard InChI is InChI=1S/C17H29N5O2/c1-3-24-12-8-17(23)22-10-4-5-14(7-11-22)21(2)13-16-19-9-6-15(18)20-16/h6,9,14H,3-5,7-8,10-13H2,1-2H3,(H2,18,19,20). The van der Waals surface area contributed by atoms with Crippen molar-refractivity contribution < 1.29 is 9.53 Å². The largest absolute Gasteiger partial charge is 0.384 e. The third-order valence-electron chi connectivity index (χ3n) is 4.46. The van der Waals surface area contributed by atoms with Gasteiger partial charge in [-0.2, -0.15) is 0 Å². The van der Waals surface area contributed by atoms with Crippen molar-refractivity contribution in [2.24, 2.45) is 0 Å². The summed E-state index contributed by atoms with van der Waals surface area (Å²) in [5.74, 6) is 1.44. The van der Waals surface area contributed by atoms with Crippen LogP contribution in [0.2, 0.25) is 0 Å². The lowest BCUT2D eigenvalue weighted by atomic mass is 10.1. The minimum Gasteiger partial charge on any atom is -0.384 e. The van der Waals surface area contributed by atoms with Gasteiger partial charge in [-0.1, -0.05) is 0 Å². The second kappa shape index (κ2) is 9.54. The maximum Gasteiger partial charge on any atom is 0.224 e. The van der Waals surface area contributed by atoms with E-state index in [1.807, 2.05) is 11.8 Å². The molecule has 0 aliphatic carbocycles. The predicted octanol–water partition coefficient (Wildman–Crippen LogP) is 1.30. The molecular weight excluding hydrogens is 306 g/mol. The first-order chi connectivity index (χ1) is 11.6. The summed E-state index contributed by atoms with van der Waals surface area (Å²) in [6.07, 6.45) is 5.24. The molecule has 2 heterocycles. The minimum atomic E-state index is 0.200. The molecule has 0 spiro atoms. The van der Waals surface area contributed by atoms with Crippen molar-refractivity contribution in [2.45, 2.75) is 45.2 Å². The number of likely N-dealkylation sites (tertiary alicyclic amines) is 1. The van der Waals surface area contributed by atoms with Gasteiger partial charge in [0.2, 0.25) is 5.91 Å². The first-order valence-corrected chi connectivity index (χ1v) is 8.73. The van der Waals surface area contributed by atoms with Crippen molar-refractivity contribution in [3.8, 4) is 0 Å². The van der Waals surface area contributed by atoms with Crippen LogP contribution in [0.3, 0.4) is 0 Å². The van der Waals surface area contributed by atoms with Crippen LogP contribution in [-0.4, -0.2) is 65.1 Å². The van der Waals surface area contributed by atoms with Crippen LogP contribution in [0.1, 0.15) is 38.4 Å². The lowest BCUT2D eigenvalue weighted by Gasteiger charge is -2.26. The van der Waals surface area contributed by atoms with E-state index >= 15 is 0 Å². The molecule has 1 aromatic heterocycles. The van der Waals surface area contributed by atoms with Crippen LogP contribution >= 0.6 is 0 Å². The van der Waals surface area contributed by atoms with Crippen molar-refractivity contribution in [1.82, 2.24) is 19.8 Å². The Morgan fingerprint density at radius 2 is 2.29 bits per heavy atom. The number of carbonyl (C=O) groups excluding carboxylic acids is 1. The normalized spacial score (nSPS) is 18.6. The fraction of sp³-hybridized carbons (Fsp3) is 0.706. The summed E-state index contributed by atoms with van der Waals surface area (Å²) < 4.78 is 5.28. The molecule has 24 heavy (non-hydrogen) atoms. The summed E-state index contributed by atoms with van der Waals surface area (Å²) in [6.45, 7) is 5.44. The molecule has 1 aliphatic rings. The Labute approximate surface area is 144 Å². The van der Waals surface area contributed by atoms with E-state index in [9.17, 15) is 4.79 Å². The van der Waals surface area contributed by atoms with E-state index in [-0.39, 0.29) is 5.91 Å². The molecule has 7 nitrogen and oxygen atoms in total. The Bertz CT molecular complexity index is 525. The Morgan fingerprint density at radius 1 is 1.46 bits per heavy atom. The summed E-state index contributed by atoms with van der Waals surface area (Å²) >= 11 is 0. The highest BCUT2D eigenvalue weighted by Crippen LogP contribution is 2.18. The fourth-order valence-corrected chi connectivity index (χ4v) is 3.07. The summed E-state index contributed by atoms with van der Waals surface area (Å²) in [5, 5.41) is 0. The number of amides is 1. The highest BCUT2D eigenvalue weighted by Gasteiger charge is 2.23. The van der Waals surface area contributed by atoms with Gasteiger partial charge in [0, 0.05) is 31.9 Å². The van der Waals surface area contributed by atoms with E-state index in [0.29, 0.717) is 38.0 Å². The molecule has 1 saturated heterocycles. The zero-order valence-electron chi connectivity index (χ0n) is 14.8. The quantitative estimate of drug-likeness (QED) is 0.756. The van der Waals surface area contributed by atoms with Crippen LogP contribution < -0.4 is 5.73 Å². The van der Waals surface area contributed by atoms with Crippen LogP contribution in [-0.2, 0) is 16.1 Å². The van der Waals surface area contributed by atoms with Gasteiger partial charge in [0.25, 0.3) is 0 Å². The highest BCUT2D eigenvalue weighted by molar-refractivity contribution is 5.76. The molecule has 0 radical (unpaired) electrons. The van der Waals surface area contributed by atoms with E-state index in [1.54, 1.807) is 12.3 Å². The van der Waals surface area contributed by atoms with E-state index in [0.717, 1.165) is 38.2 Å². The van der Waals surface area contributed by atoms with E-state index < -0.39 is 0 Å². The maximum absolute atomic E-state index is 12.2. The number of carbonyl (C=O) groups is 1. The van der Waals surface area contributed by atoms with Crippen molar-refractivity contribution in [3.05, 3.63) is 18.1 Å². The lowest BCUT2D eigenvalue weighted by molar-refractivity contribution is -0.132. The van der Waals surface area contributed by atoms with Crippen LogP contribution in [0.15, 0.2) is 12.3 Å². The van der Waals surface area contributed by atoms with Crippen molar-refractivity contribution >= 4 is 11.7 Å². The number of hydrogen-bond donors (Lipinski definition) is 1. The number of hydrogen-bond acceptors (Lipinski definition) is 6. The Morgan fingerprint density at radius 3 is 3.04 bits per heavy atom. The number of nitrogen functional groups attached to an aromatic ring is 1. The SMILES string of the molecule is CCOCCC(=O)N1CCCC(N(C)Cc2nccc(N)n2)CC1. The van der Waals surface area contributed by atoms with Gasteiger partial charge in [0.05, 0.1) is 19.6 Å². The topological polar surface area (TPSA) is 84.6 Å². The van der Waals surface area contributed by atoms with Gasteiger partial charge in [0.1, 0.15) is 11.6 Å². The molecular formula is C17H29N5O2. The monoisotopic (exact) mass is 335 g/mol. The molecule has 1 amide bonds. The summed E-state index contributed by atoms with van der Waals surface area (Å²) in [6, 6.07) is 2.13. The van der Waals surface area contributed by atoms with Crippen LogP contribution in [0.25, 0.3) is 0 Å². The molecule has 1 fully saturated rings. The van der Waals surface area contributed by atoms with Gasteiger partial charge < -0.3 is 15.4 Å². The smallest absolute Gasteiger partial charge is 0.224 e. The molecule has 1 unspecified atom stereocenters. The van der Waals surface area contributed by atoms with Crippen LogP contribution in [0, 0.1) is 0 Å². The van der Waals surface area contributed by atoms with Gasteiger partial charge >= 0.3 is 0 Å². The number of ether oxygens (including phenoxy) is 1. The molecule has 0 aromatic carbocycles. The van der Waals surface area contributed by atoms with E-state index in [4.69, 9.17) is 10.5 Å². The second-order valence-electron chi connectivity index (χ2n) is 6.23. The third kappa shape index (κ3) is 5.72. The van der Waals surface area contributed by atoms with E-state index in [2.05, 4.69) is 21.9 Å². The van der Waals surface area contributed by atoms with Gasteiger partial charge in [-0.05, 0) is 39.3 Å². The Balaban J connectivity index is 1.82. The number of nitrogens with zero attached hydrogens (tertiary/aromatic N) is 4.